The lowest BCUT2D eigenvalue weighted by atomic mass is 9.79. The molecule has 0 aromatic heterocycles. The Morgan fingerprint density at radius 1 is 1.25 bits per heavy atom. The third-order valence-corrected chi connectivity index (χ3v) is 4.06. The molecule has 3 aliphatic rings. The van der Waals surface area contributed by atoms with Gasteiger partial charge in [-0.2, -0.15) is 0 Å². The van der Waals surface area contributed by atoms with E-state index in [2.05, 4.69) is 6.92 Å². The summed E-state index contributed by atoms with van der Waals surface area (Å²) >= 11 is 0. The molecule has 2 bridgehead atoms. The van der Waals surface area contributed by atoms with Crippen molar-refractivity contribution in [3.63, 3.8) is 0 Å². The molecule has 3 fully saturated rings. The second-order valence-corrected chi connectivity index (χ2v) is 4.83. The van der Waals surface area contributed by atoms with Crippen LogP contribution in [0, 0.1) is 17.3 Å². The molecule has 3 rings (SSSR count). The van der Waals surface area contributed by atoms with Gasteiger partial charge in [0.15, 0.2) is 6.29 Å². The summed E-state index contributed by atoms with van der Waals surface area (Å²) in [6.45, 7) is 2.10. The summed E-state index contributed by atoms with van der Waals surface area (Å²) in [6, 6.07) is 0. The highest BCUT2D eigenvalue weighted by Gasteiger charge is 2.65. The van der Waals surface area contributed by atoms with Gasteiger partial charge in [0.25, 0.3) is 0 Å². The largest absolute Gasteiger partial charge is 0.390 e. The predicted molar refractivity (Wildman–Crippen MR) is 41.2 cm³/mol. The number of hydrogen-bond acceptors (Lipinski definition) is 3. The average molecular weight is 170 g/mol. The highest BCUT2D eigenvalue weighted by atomic mass is 16.6. The van der Waals surface area contributed by atoms with Crippen molar-refractivity contribution in [2.24, 2.45) is 17.3 Å². The molecule has 0 spiro atoms. The van der Waals surface area contributed by atoms with Crippen LogP contribution < -0.4 is 0 Å². The Balaban J connectivity index is 2.02. The van der Waals surface area contributed by atoms with Crippen LogP contribution in [0.4, 0.5) is 0 Å². The van der Waals surface area contributed by atoms with Gasteiger partial charge < -0.3 is 14.9 Å². The lowest BCUT2D eigenvalue weighted by Crippen LogP contribution is -2.37. The van der Waals surface area contributed by atoms with Gasteiger partial charge in [0.1, 0.15) is 0 Å². The molecular formula is C9H14O3. The summed E-state index contributed by atoms with van der Waals surface area (Å²) in [7, 11) is 0. The number of aliphatic hydroxyl groups is 2. The fourth-order valence-corrected chi connectivity index (χ4v) is 3.44. The quantitative estimate of drug-likeness (QED) is 0.542. The van der Waals surface area contributed by atoms with Crippen molar-refractivity contribution < 1.29 is 14.9 Å². The number of hydrogen-bond donors (Lipinski definition) is 2. The highest BCUT2D eigenvalue weighted by Crippen LogP contribution is 2.62. The standard InChI is InChI=1S/C9H14O3/c1-9-2-4-5(3-9)8(11)12-6(4)7(9)10/h4-8,10-11H,2-3H2,1H3. The molecule has 68 valence electrons. The molecule has 6 unspecified atom stereocenters. The first-order valence-corrected chi connectivity index (χ1v) is 4.63. The number of ether oxygens (including phenoxy) is 1. The van der Waals surface area contributed by atoms with E-state index in [9.17, 15) is 10.2 Å². The molecule has 0 radical (unpaired) electrons. The summed E-state index contributed by atoms with van der Waals surface area (Å²) in [5.74, 6) is 0.711. The molecule has 12 heavy (non-hydrogen) atoms. The van der Waals surface area contributed by atoms with E-state index in [1.54, 1.807) is 0 Å². The van der Waals surface area contributed by atoms with Gasteiger partial charge in [-0.15, -0.1) is 0 Å². The van der Waals surface area contributed by atoms with E-state index in [1.165, 1.54) is 0 Å². The monoisotopic (exact) mass is 170 g/mol. The maximum absolute atomic E-state index is 9.85. The van der Waals surface area contributed by atoms with E-state index in [-0.39, 0.29) is 17.6 Å². The number of aliphatic hydroxyl groups excluding tert-OH is 2. The molecule has 2 saturated carbocycles. The van der Waals surface area contributed by atoms with Gasteiger partial charge in [-0.1, -0.05) is 6.92 Å². The lowest BCUT2D eigenvalue weighted by molar-refractivity contribution is -0.124. The van der Waals surface area contributed by atoms with E-state index in [0.29, 0.717) is 11.8 Å². The Kier molecular flexibility index (Phi) is 1.13. The molecule has 6 atom stereocenters. The van der Waals surface area contributed by atoms with Gasteiger partial charge in [0.05, 0.1) is 12.2 Å². The van der Waals surface area contributed by atoms with Gasteiger partial charge >= 0.3 is 0 Å². The normalized spacial score (nSPS) is 67.8. The van der Waals surface area contributed by atoms with Crippen molar-refractivity contribution in [2.45, 2.75) is 38.3 Å². The van der Waals surface area contributed by atoms with Crippen molar-refractivity contribution in [3.05, 3.63) is 0 Å². The highest BCUT2D eigenvalue weighted by molar-refractivity contribution is 5.12. The van der Waals surface area contributed by atoms with Gasteiger partial charge in [-0.3, -0.25) is 0 Å². The summed E-state index contributed by atoms with van der Waals surface area (Å²) in [4.78, 5) is 0. The predicted octanol–water partition coefficient (Wildman–Crippen LogP) is 0.111. The van der Waals surface area contributed by atoms with Crippen LogP contribution in [0.2, 0.25) is 0 Å². The average Bonchev–Trinajstić information content (AvgIpc) is 2.52. The first kappa shape index (κ1) is 7.30. The van der Waals surface area contributed by atoms with Crippen LogP contribution in [0.3, 0.4) is 0 Å². The minimum absolute atomic E-state index is 0.0253. The second kappa shape index (κ2) is 1.86. The van der Waals surface area contributed by atoms with E-state index >= 15 is 0 Å². The molecule has 3 heteroatoms. The summed E-state index contributed by atoms with van der Waals surface area (Å²) in [5.41, 5.74) is 0.0253. The van der Waals surface area contributed by atoms with Crippen LogP contribution in [0.5, 0.6) is 0 Å². The second-order valence-electron chi connectivity index (χ2n) is 4.83. The Labute approximate surface area is 71.3 Å². The fourth-order valence-electron chi connectivity index (χ4n) is 3.44. The van der Waals surface area contributed by atoms with Crippen molar-refractivity contribution in [3.8, 4) is 0 Å². The Morgan fingerprint density at radius 2 is 1.92 bits per heavy atom. The van der Waals surface area contributed by atoms with Crippen LogP contribution in [-0.4, -0.2) is 28.7 Å². The van der Waals surface area contributed by atoms with Crippen molar-refractivity contribution >= 4 is 0 Å². The fraction of sp³-hybridized carbons (Fsp3) is 1.00. The Morgan fingerprint density at radius 3 is 2.50 bits per heavy atom. The molecule has 1 saturated heterocycles. The molecule has 2 N–H and O–H groups in total. The van der Waals surface area contributed by atoms with E-state index < -0.39 is 6.29 Å². The van der Waals surface area contributed by atoms with Crippen LogP contribution in [0.1, 0.15) is 19.8 Å². The Hall–Kier alpha value is -0.120. The molecule has 0 aromatic rings. The lowest BCUT2D eigenvalue weighted by Gasteiger charge is -2.29. The van der Waals surface area contributed by atoms with Crippen molar-refractivity contribution in [1.82, 2.24) is 0 Å². The van der Waals surface area contributed by atoms with E-state index in [1.807, 2.05) is 0 Å². The zero-order valence-electron chi connectivity index (χ0n) is 7.10. The van der Waals surface area contributed by atoms with Crippen molar-refractivity contribution in [1.29, 1.82) is 0 Å². The molecule has 2 aliphatic carbocycles. The molecule has 3 nitrogen and oxygen atoms in total. The molecular weight excluding hydrogens is 156 g/mol. The van der Waals surface area contributed by atoms with Crippen LogP contribution in [0.15, 0.2) is 0 Å². The topological polar surface area (TPSA) is 49.7 Å². The van der Waals surface area contributed by atoms with Crippen molar-refractivity contribution in [2.75, 3.05) is 0 Å². The molecule has 0 aromatic carbocycles. The summed E-state index contributed by atoms with van der Waals surface area (Å²) in [6.07, 6.45) is 0.912. The van der Waals surface area contributed by atoms with Crippen LogP contribution in [0.25, 0.3) is 0 Å². The SMILES string of the molecule is CC12CC3C(O)OC(C3C1)C2O. The smallest absolute Gasteiger partial charge is 0.158 e. The summed E-state index contributed by atoms with van der Waals surface area (Å²) in [5, 5.41) is 19.3. The Bertz CT molecular complexity index is 228. The molecule has 0 amide bonds. The summed E-state index contributed by atoms with van der Waals surface area (Å²) < 4.78 is 5.32. The number of rotatable bonds is 0. The van der Waals surface area contributed by atoms with Crippen LogP contribution in [-0.2, 0) is 4.74 Å². The maximum Gasteiger partial charge on any atom is 0.158 e. The van der Waals surface area contributed by atoms with Gasteiger partial charge in [-0.25, -0.2) is 0 Å². The molecule has 1 aliphatic heterocycles. The third kappa shape index (κ3) is 0.605. The van der Waals surface area contributed by atoms with Gasteiger partial charge in [0, 0.05) is 5.92 Å². The number of fused-ring (bicyclic) bond motifs is 1. The minimum atomic E-state index is -0.612. The zero-order valence-corrected chi connectivity index (χ0v) is 7.10. The first-order chi connectivity index (χ1) is 5.62. The van der Waals surface area contributed by atoms with E-state index in [4.69, 9.17) is 4.74 Å². The minimum Gasteiger partial charge on any atom is -0.390 e. The first-order valence-electron chi connectivity index (χ1n) is 4.63. The third-order valence-electron chi connectivity index (χ3n) is 4.06. The van der Waals surface area contributed by atoms with Gasteiger partial charge in [0.2, 0.25) is 0 Å². The maximum atomic E-state index is 9.85. The molecule has 1 heterocycles. The van der Waals surface area contributed by atoms with E-state index in [0.717, 1.165) is 12.8 Å². The zero-order chi connectivity index (χ0) is 8.51. The van der Waals surface area contributed by atoms with Crippen LogP contribution >= 0.6 is 0 Å². The van der Waals surface area contributed by atoms with Gasteiger partial charge in [-0.05, 0) is 24.2 Å².